The van der Waals surface area contributed by atoms with E-state index in [1.54, 1.807) is 0 Å². The fourth-order valence-electron chi connectivity index (χ4n) is 2.45. The predicted octanol–water partition coefficient (Wildman–Crippen LogP) is 1.80. The van der Waals surface area contributed by atoms with Gasteiger partial charge in [-0.25, -0.2) is 0 Å². The second kappa shape index (κ2) is 4.12. The van der Waals surface area contributed by atoms with Gasteiger partial charge in [0.2, 0.25) is 5.91 Å². The van der Waals surface area contributed by atoms with E-state index in [0.717, 1.165) is 25.7 Å². The van der Waals surface area contributed by atoms with Gasteiger partial charge in [-0.1, -0.05) is 27.2 Å². The third-order valence-corrected chi connectivity index (χ3v) is 4.38. The summed E-state index contributed by atoms with van der Waals surface area (Å²) in [7, 11) is 0. The third kappa shape index (κ3) is 2.51. The summed E-state index contributed by atoms with van der Waals surface area (Å²) in [5, 5.41) is 0. The number of hydrogen-bond acceptors (Lipinski definition) is 2. The van der Waals surface area contributed by atoms with Crippen LogP contribution >= 0.6 is 0 Å². The Morgan fingerprint density at radius 3 is 2.20 bits per heavy atom. The van der Waals surface area contributed by atoms with Gasteiger partial charge in [0.15, 0.2) is 0 Å². The number of carbonyl (C=O) groups is 1. The van der Waals surface area contributed by atoms with Gasteiger partial charge in [-0.15, -0.1) is 0 Å². The maximum absolute atomic E-state index is 11.2. The van der Waals surface area contributed by atoms with Crippen molar-refractivity contribution in [1.29, 1.82) is 0 Å². The molecule has 0 unspecified atom stereocenters. The molecule has 1 rings (SSSR count). The Kier molecular flexibility index (Phi) is 3.44. The van der Waals surface area contributed by atoms with E-state index >= 15 is 0 Å². The molecule has 4 N–H and O–H groups in total. The first kappa shape index (κ1) is 12.5. The monoisotopic (exact) mass is 212 g/mol. The zero-order valence-electron chi connectivity index (χ0n) is 10.2. The zero-order valence-corrected chi connectivity index (χ0v) is 10.2. The molecule has 0 aromatic heterocycles. The lowest BCUT2D eigenvalue weighted by atomic mass is 9.65. The number of nitrogens with two attached hydrogens (primary N) is 2. The molecule has 1 aliphatic carbocycles. The molecule has 3 heteroatoms. The van der Waals surface area contributed by atoms with Gasteiger partial charge in [0.25, 0.3) is 0 Å². The Balaban J connectivity index is 2.60. The van der Waals surface area contributed by atoms with Crippen molar-refractivity contribution in [3.05, 3.63) is 0 Å². The Hall–Kier alpha value is -0.570. The number of amides is 1. The first-order chi connectivity index (χ1) is 6.82. The summed E-state index contributed by atoms with van der Waals surface area (Å²) in [6, 6.07) is 0. The molecule has 1 amide bonds. The van der Waals surface area contributed by atoms with E-state index in [4.69, 9.17) is 11.5 Å². The number of hydrogen-bond donors (Lipinski definition) is 2. The van der Waals surface area contributed by atoms with Crippen molar-refractivity contribution in [3.8, 4) is 0 Å². The molecule has 0 atom stereocenters. The highest BCUT2D eigenvalue weighted by Crippen LogP contribution is 2.42. The molecule has 1 saturated carbocycles. The summed E-state index contributed by atoms with van der Waals surface area (Å²) in [5.41, 5.74) is 10.9. The molecule has 0 heterocycles. The molecule has 3 nitrogen and oxygen atoms in total. The molecule has 0 aromatic carbocycles. The summed E-state index contributed by atoms with van der Waals surface area (Å²) >= 11 is 0. The fourth-order valence-corrected chi connectivity index (χ4v) is 2.45. The highest BCUT2D eigenvalue weighted by atomic mass is 16.1. The van der Waals surface area contributed by atoms with E-state index in [1.165, 1.54) is 6.42 Å². The van der Waals surface area contributed by atoms with Gasteiger partial charge in [-0.2, -0.15) is 0 Å². The Bertz CT molecular complexity index is 240. The first-order valence-electron chi connectivity index (χ1n) is 5.90. The quantitative estimate of drug-likeness (QED) is 0.749. The molecule has 0 saturated heterocycles. The van der Waals surface area contributed by atoms with Crippen molar-refractivity contribution in [2.45, 2.75) is 58.4 Å². The van der Waals surface area contributed by atoms with E-state index in [-0.39, 0.29) is 5.91 Å². The van der Waals surface area contributed by atoms with E-state index < -0.39 is 5.54 Å². The molecule has 0 aromatic rings. The lowest BCUT2D eigenvalue weighted by Gasteiger charge is -2.41. The summed E-state index contributed by atoms with van der Waals surface area (Å²) < 4.78 is 0. The Morgan fingerprint density at radius 2 is 1.87 bits per heavy atom. The second-order valence-corrected chi connectivity index (χ2v) is 5.64. The molecule has 1 aliphatic rings. The van der Waals surface area contributed by atoms with Crippen molar-refractivity contribution in [1.82, 2.24) is 0 Å². The summed E-state index contributed by atoms with van der Waals surface area (Å²) in [5.74, 6) is 0.341. The van der Waals surface area contributed by atoms with Crippen molar-refractivity contribution < 1.29 is 4.79 Å². The van der Waals surface area contributed by atoms with Crippen LogP contribution in [0.15, 0.2) is 0 Å². The smallest absolute Gasteiger partial charge is 0.237 e. The topological polar surface area (TPSA) is 69.1 Å². The fraction of sp³-hybridized carbons (Fsp3) is 0.917. The standard InChI is InChI=1S/C12H24N2O/c1-4-11(2,3)9-5-7-12(14,8-6-9)10(13)15/h9H,4-8,14H2,1-3H3,(H2,13,15). The minimum atomic E-state index is -0.736. The molecule has 0 aliphatic heterocycles. The van der Waals surface area contributed by atoms with E-state index in [2.05, 4.69) is 20.8 Å². The number of carbonyl (C=O) groups excluding carboxylic acids is 1. The normalized spacial score (nSPS) is 32.7. The molecule has 88 valence electrons. The highest BCUT2D eigenvalue weighted by Gasteiger charge is 2.40. The molecule has 0 spiro atoms. The molecular formula is C12H24N2O. The van der Waals surface area contributed by atoms with Crippen LogP contribution < -0.4 is 11.5 Å². The van der Waals surface area contributed by atoms with Crippen LogP contribution in [0, 0.1) is 11.3 Å². The largest absolute Gasteiger partial charge is 0.368 e. The summed E-state index contributed by atoms with van der Waals surface area (Å²) in [6.07, 6.45) is 4.72. The van der Waals surface area contributed by atoms with Crippen LogP contribution in [0.3, 0.4) is 0 Å². The van der Waals surface area contributed by atoms with Crippen LogP contribution in [0.25, 0.3) is 0 Å². The molecular weight excluding hydrogens is 188 g/mol. The van der Waals surface area contributed by atoms with Gasteiger partial charge < -0.3 is 11.5 Å². The minimum absolute atomic E-state index is 0.338. The van der Waals surface area contributed by atoms with Crippen molar-refractivity contribution in [2.24, 2.45) is 22.8 Å². The molecule has 0 bridgehead atoms. The van der Waals surface area contributed by atoms with E-state index in [1.807, 2.05) is 0 Å². The van der Waals surface area contributed by atoms with Gasteiger partial charge in [-0.05, 0) is 37.0 Å². The van der Waals surface area contributed by atoms with Crippen molar-refractivity contribution >= 4 is 5.91 Å². The third-order valence-electron chi connectivity index (χ3n) is 4.38. The van der Waals surface area contributed by atoms with Gasteiger partial charge in [0.05, 0.1) is 5.54 Å². The van der Waals surface area contributed by atoms with Crippen molar-refractivity contribution in [3.63, 3.8) is 0 Å². The SMILES string of the molecule is CCC(C)(C)C1CCC(N)(C(N)=O)CC1. The summed E-state index contributed by atoms with van der Waals surface area (Å²) in [6.45, 7) is 6.81. The molecule has 15 heavy (non-hydrogen) atoms. The van der Waals surface area contributed by atoms with Gasteiger partial charge in [-0.3, -0.25) is 4.79 Å². The maximum Gasteiger partial charge on any atom is 0.237 e. The van der Waals surface area contributed by atoms with Crippen LogP contribution in [-0.4, -0.2) is 11.4 Å². The molecule has 1 fully saturated rings. The van der Waals surface area contributed by atoms with Gasteiger partial charge >= 0.3 is 0 Å². The van der Waals surface area contributed by atoms with Crippen molar-refractivity contribution in [2.75, 3.05) is 0 Å². The highest BCUT2D eigenvalue weighted by molar-refractivity contribution is 5.84. The number of primary amides is 1. The second-order valence-electron chi connectivity index (χ2n) is 5.64. The van der Waals surface area contributed by atoms with E-state index in [0.29, 0.717) is 11.3 Å². The van der Waals surface area contributed by atoms with E-state index in [9.17, 15) is 4.79 Å². The van der Waals surface area contributed by atoms with Crippen LogP contribution in [0.2, 0.25) is 0 Å². The summed E-state index contributed by atoms with van der Waals surface area (Å²) in [4.78, 5) is 11.2. The average Bonchev–Trinajstić information content (AvgIpc) is 2.18. The Morgan fingerprint density at radius 1 is 1.40 bits per heavy atom. The lowest BCUT2D eigenvalue weighted by molar-refractivity contribution is -0.125. The average molecular weight is 212 g/mol. The van der Waals surface area contributed by atoms with Crippen LogP contribution in [-0.2, 0) is 4.79 Å². The lowest BCUT2D eigenvalue weighted by Crippen LogP contribution is -2.54. The first-order valence-corrected chi connectivity index (χ1v) is 5.90. The van der Waals surface area contributed by atoms with Crippen LogP contribution in [0.5, 0.6) is 0 Å². The van der Waals surface area contributed by atoms with Gasteiger partial charge in [0, 0.05) is 0 Å². The predicted molar refractivity (Wildman–Crippen MR) is 62.1 cm³/mol. The van der Waals surface area contributed by atoms with Crippen LogP contribution in [0.1, 0.15) is 52.9 Å². The number of rotatable bonds is 3. The molecule has 0 radical (unpaired) electrons. The van der Waals surface area contributed by atoms with Gasteiger partial charge in [0.1, 0.15) is 0 Å². The maximum atomic E-state index is 11.2. The van der Waals surface area contributed by atoms with Crippen LogP contribution in [0.4, 0.5) is 0 Å². The Labute approximate surface area is 92.6 Å². The zero-order chi connectivity index (χ0) is 11.7. The minimum Gasteiger partial charge on any atom is -0.368 e.